The number of carbonyl (C=O) groups excluding carboxylic acids is 1. The zero-order valence-corrected chi connectivity index (χ0v) is 9.67. The topological polar surface area (TPSA) is 46.3 Å². The third-order valence-corrected chi connectivity index (χ3v) is 3.85. The van der Waals surface area contributed by atoms with Gasteiger partial charge in [0.2, 0.25) is 0 Å². The van der Waals surface area contributed by atoms with Crippen LogP contribution in [0.2, 0.25) is 0 Å². The molecule has 0 bridgehead atoms. The lowest BCUT2D eigenvalue weighted by Crippen LogP contribution is -2.32. The largest absolute Gasteiger partial charge is 0.338 e. The molecule has 1 aliphatic heterocycles. The van der Waals surface area contributed by atoms with Crippen LogP contribution < -0.4 is 5.73 Å². The van der Waals surface area contributed by atoms with Gasteiger partial charge in [-0.3, -0.25) is 4.79 Å². The minimum atomic E-state index is 0.160. The Hall–Kier alpha value is -0.870. The highest BCUT2D eigenvalue weighted by atomic mass is 32.1. The van der Waals surface area contributed by atoms with Crippen molar-refractivity contribution in [3.05, 3.63) is 22.4 Å². The molecule has 2 unspecified atom stereocenters. The predicted molar refractivity (Wildman–Crippen MR) is 62.0 cm³/mol. The van der Waals surface area contributed by atoms with Crippen molar-refractivity contribution >= 4 is 17.2 Å². The van der Waals surface area contributed by atoms with E-state index >= 15 is 0 Å². The van der Waals surface area contributed by atoms with Gasteiger partial charge >= 0.3 is 0 Å². The van der Waals surface area contributed by atoms with Gasteiger partial charge in [-0.15, -0.1) is 11.3 Å². The minimum Gasteiger partial charge on any atom is -0.338 e. The Morgan fingerprint density at radius 2 is 2.53 bits per heavy atom. The molecule has 2 N–H and O–H groups in total. The predicted octanol–water partition coefficient (Wildman–Crippen LogP) is 1.56. The van der Waals surface area contributed by atoms with E-state index in [-0.39, 0.29) is 11.9 Å². The van der Waals surface area contributed by atoms with Crippen LogP contribution >= 0.6 is 11.3 Å². The van der Waals surface area contributed by atoms with Gasteiger partial charge in [0.1, 0.15) is 0 Å². The van der Waals surface area contributed by atoms with Gasteiger partial charge in [-0.05, 0) is 30.7 Å². The van der Waals surface area contributed by atoms with E-state index in [0.717, 1.165) is 24.4 Å². The van der Waals surface area contributed by atoms with E-state index in [2.05, 4.69) is 0 Å². The molecule has 0 spiro atoms. The SMILES string of the molecule is CC(N)C1CCN(C(=O)c2cccs2)C1. The Labute approximate surface area is 93.9 Å². The summed E-state index contributed by atoms with van der Waals surface area (Å²) in [6.45, 7) is 3.68. The number of nitrogens with zero attached hydrogens (tertiary/aromatic N) is 1. The molecule has 15 heavy (non-hydrogen) atoms. The molecule has 4 heteroatoms. The number of amides is 1. The molecule has 0 aromatic carbocycles. The maximum Gasteiger partial charge on any atom is 0.263 e. The summed E-state index contributed by atoms with van der Waals surface area (Å²) in [5.41, 5.74) is 5.84. The van der Waals surface area contributed by atoms with Crippen LogP contribution in [0, 0.1) is 5.92 Å². The molecule has 82 valence electrons. The Morgan fingerprint density at radius 3 is 3.07 bits per heavy atom. The number of carbonyl (C=O) groups is 1. The van der Waals surface area contributed by atoms with Crippen LogP contribution in [0.3, 0.4) is 0 Å². The van der Waals surface area contributed by atoms with Gasteiger partial charge in [0.15, 0.2) is 0 Å². The summed E-state index contributed by atoms with van der Waals surface area (Å²) < 4.78 is 0. The van der Waals surface area contributed by atoms with E-state index in [4.69, 9.17) is 5.73 Å². The molecule has 1 aromatic rings. The van der Waals surface area contributed by atoms with E-state index in [1.54, 1.807) is 0 Å². The molecule has 2 atom stereocenters. The zero-order chi connectivity index (χ0) is 10.8. The molecular weight excluding hydrogens is 208 g/mol. The molecule has 2 rings (SSSR count). The van der Waals surface area contributed by atoms with E-state index < -0.39 is 0 Å². The van der Waals surface area contributed by atoms with Crippen molar-refractivity contribution in [1.29, 1.82) is 0 Å². The highest BCUT2D eigenvalue weighted by Gasteiger charge is 2.29. The van der Waals surface area contributed by atoms with Crippen molar-refractivity contribution in [2.75, 3.05) is 13.1 Å². The first-order valence-corrected chi connectivity index (χ1v) is 6.15. The molecule has 1 aliphatic rings. The zero-order valence-electron chi connectivity index (χ0n) is 8.85. The monoisotopic (exact) mass is 224 g/mol. The number of nitrogens with two attached hydrogens (primary N) is 1. The van der Waals surface area contributed by atoms with Gasteiger partial charge in [0.05, 0.1) is 4.88 Å². The first kappa shape index (κ1) is 10.6. The van der Waals surface area contributed by atoms with Gasteiger partial charge in [-0.1, -0.05) is 6.07 Å². The number of hydrogen-bond acceptors (Lipinski definition) is 3. The summed E-state index contributed by atoms with van der Waals surface area (Å²) in [7, 11) is 0. The molecule has 1 amide bonds. The first-order valence-electron chi connectivity index (χ1n) is 5.27. The van der Waals surface area contributed by atoms with Crippen molar-refractivity contribution in [3.8, 4) is 0 Å². The summed E-state index contributed by atoms with van der Waals surface area (Å²) in [4.78, 5) is 14.7. The summed E-state index contributed by atoms with van der Waals surface area (Å²) in [6.07, 6.45) is 1.04. The van der Waals surface area contributed by atoms with Crippen molar-refractivity contribution in [3.63, 3.8) is 0 Å². The number of hydrogen-bond donors (Lipinski definition) is 1. The average molecular weight is 224 g/mol. The summed E-state index contributed by atoms with van der Waals surface area (Å²) in [5, 5.41) is 1.94. The highest BCUT2D eigenvalue weighted by molar-refractivity contribution is 7.12. The molecule has 0 aliphatic carbocycles. The van der Waals surface area contributed by atoms with Crippen LogP contribution in [-0.4, -0.2) is 29.9 Å². The quantitative estimate of drug-likeness (QED) is 0.828. The Morgan fingerprint density at radius 1 is 1.73 bits per heavy atom. The van der Waals surface area contributed by atoms with Crippen molar-refractivity contribution in [2.24, 2.45) is 11.7 Å². The molecule has 1 aromatic heterocycles. The van der Waals surface area contributed by atoms with Crippen molar-refractivity contribution < 1.29 is 4.79 Å². The van der Waals surface area contributed by atoms with Crippen LogP contribution in [0.4, 0.5) is 0 Å². The van der Waals surface area contributed by atoms with Gasteiger partial charge in [0.25, 0.3) is 5.91 Å². The van der Waals surface area contributed by atoms with Crippen LogP contribution in [0.5, 0.6) is 0 Å². The standard InChI is InChI=1S/C11H16N2OS/c1-8(12)9-4-5-13(7-9)11(14)10-3-2-6-15-10/h2-3,6,8-9H,4-5,7,12H2,1H3. The smallest absolute Gasteiger partial charge is 0.263 e. The van der Waals surface area contributed by atoms with Crippen molar-refractivity contribution in [2.45, 2.75) is 19.4 Å². The maximum absolute atomic E-state index is 12.0. The van der Waals surface area contributed by atoms with Gasteiger partial charge in [0, 0.05) is 19.1 Å². The lowest BCUT2D eigenvalue weighted by atomic mass is 10.0. The normalized spacial score (nSPS) is 23.1. The highest BCUT2D eigenvalue weighted by Crippen LogP contribution is 2.22. The molecule has 1 fully saturated rings. The number of thiophene rings is 1. The maximum atomic E-state index is 12.0. The van der Waals surface area contributed by atoms with E-state index in [1.165, 1.54) is 11.3 Å². The van der Waals surface area contributed by atoms with Crippen molar-refractivity contribution in [1.82, 2.24) is 4.90 Å². The van der Waals surface area contributed by atoms with Gasteiger partial charge < -0.3 is 10.6 Å². The van der Waals surface area contributed by atoms with Gasteiger partial charge in [-0.2, -0.15) is 0 Å². The van der Waals surface area contributed by atoms with Crippen LogP contribution in [0.1, 0.15) is 23.0 Å². The summed E-state index contributed by atoms with van der Waals surface area (Å²) in [5.74, 6) is 0.627. The number of rotatable bonds is 2. The molecule has 2 heterocycles. The minimum absolute atomic E-state index is 0.160. The van der Waals surface area contributed by atoms with E-state index in [9.17, 15) is 4.79 Å². The van der Waals surface area contributed by atoms with E-state index in [1.807, 2.05) is 29.3 Å². The third-order valence-electron chi connectivity index (χ3n) is 2.99. The summed E-state index contributed by atoms with van der Waals surface area (Å²) >= 11 is 1.51. The Balaban J connectivity index is 1.99. The molecule has 1 saturated heterocycles. The van der Waals surface area contributed by atoms with Gasteiger partial charge in [-0.25, -0.2) is 0 Å². The Bertz CT molecular complexity index is 334. The summed E-state index contributed by atoms with van der Waals surface area (Å²) in [6, 6.07) is 3.98. The molecule has 3 nitrogen and oxygen atoms in total. The fourth-order valence-electron chi connectivity index (χ4n) is 1.96. The average Bonchev–Trinajstić information content (AvgIpc) is 2.88. The molecular formula is C11H16N2OS. The lowest BCUT2D eigenvalue weighted by molar-refractivity contribution is 0.0791. The fourth-order valence-corrected chi connectivity index (χ4v) is 2.65. The third kappa shape index (κ3) is 2.21. The Kier molecular flexibility index (Phi) is 3.07. The number of likely N-dealkylation sites (tertiary alicyclic amines) is 1. The molecule has 0 radical (unpaired) electrons. The molecule has 0 saturated carbocycles. The lowest BCUT2D eigenvalue weighted by Gasteiger charge is -2.17. The van der Waals surface area contributed by atoms with Crippen LogP contribution in [0.15, 0.2) is 17.5 Å². The fraction of sp³-hybridized carbons (Fsp3) is 0.545. The second kappa shape index (κ2) is 4.33. The van der Waals surface area contributed by atoms with Crippen LogP contribution in [-0.2, 0) is 0 Å². The second-order valence-electron chi connectivity index (χ2n) is 4.14. The second-order valence-corrected chi connectivity index (χ2v) is 5.08. The van der Waals surface area contributed by atoms with E-state index in [0.29, 0.717) is 5.92 Å². The van der Waals surface area contributed by atoms with Crippen LogP contribution in [0.25, 0.3) is 0 Å². The first-order chi connectivity index (χ1) is 7.18.